The quantitative estimate of drug-likeness (QED) is 0.435. The van der Waals surface area contributed by atoms with Crippen LogP contribution in [-0.4, -0.2) is 30.2 Å². The first-order valence-electron chi connectivity index (χ1n) is 5.07. The van der Waals surface area contributed by atoms with E-state index in [-0.39, 0.29) is 5.82 Å². The highest BCUT2D eigenvalue weighted by Crippen LogP contribution is 2.11. The predicted octanol–water partition coefficient (Wildman–Crippen LogP) is 1.83. The van der Waals surface area contributed by atoms with Gasteiger partial charge in [0.2, 0.25) is 0 Å². The van der Waals surface area contributed by atoms with E-state index in [0.29, 0.717) is 0 Å². The van der Waals surface area contributed by atoms with E-state index in [4.69, 9.17) is 4.74 Å². The molecule has 0 amide bonds. The van der Waals surface area contributed by atoms with Gasteiger partial charge in [-0.15, -0.1) is 0 Å². The van der Waals surface area contributed by atoms with E-state index >= 15 is 0 Å². The molecule has 0 aromatic carbocycles. The third-order valence-electron chi connectivity index (χ3n) is 2.04. The standard InChI is InChI=1S/C10H15N3O3/c1-16-7-3-2-6-11-9-4-5-10(12-8-9)13(14)15/h4-5,8,11H,2-3,6-7H2,1H3. The molecule has 0 aliphatic carbocycles. The van der Waals surface area contributed by atoms with E-state index in [1.165, 1.54) is 12.3 Å². The van der Waals surface area contributed by atoms with Crippen molar-refractivity contribution in [1.82, 2.24) is 4.98 Å². The lowest BCUT2D eigenvalue weighted by molar-refractivity contribution is -0.389. The van der Waals surface area contributed by atoms with Crippen LogP contribution in [-0.2, 0) is 4.74 Å². The van der Waals surface area contributed by atoms with Crippen molar-refractivity contribution in [3.63, 3.8) is 0 Å². The number of aromatic nitrogens is 1. The van der Waals surface area contributed by atoms with Crippen molar-refractivity contribution in [3.05, 3.63) is 28.4 Å². The second-order valence-electron chi connectivity index (χ2n) is 3.29. The van der Waals surface area contributed by atoms with Gasteiger partial charge >= 0.3 is 5.82 Å². The minimum absolute atomic E-state index is 0.134. The van der Waals surface area contributed by atoms with Crippen molar-refractivity contribution in [3.8, 4) is 0 Å². The Hall–Kier alpha value is -1.69. The number of unbranched alkanes of at least 4 members (excludes halogenated alkanes) is 1. The van der Waals surface area contributed by atoms with Gasteiger partial charge in [-0.1, -0.05) is 0 Å². The number of rotatable bonds is 7. The molecule has 1 heterocycles. The topological polar surface area (TPSA) is 77.3 Å². The Bertz CT molecular complexity index is 327. The molecule has 0 fully saturated rings. The maximum absolute atomic E-state index is 10.4. The highest BCUT2D eigenvalue weighted by atomic mass is 16.6. The molecule has 6 heteroatoms. The minimum Gasteiger partial charge on any atom is -0.385 e. The van der Waals surface area contributed by atoms with Crippen molar-refractivity contribution >= 4 is 11.5 Å². The first-order chi connectivity index (χ1) is 7.74. The van der Waals surface area contributed by atoms with Crippen molar-refractivity contribution in [2.75, 3.05) is 25.6 Å². The Morgan fingerprint density at radius 1 is 1.50 bits per heavy atom. The second kappa shape index (κ2) is 6.73. The van der Waals surface area contributed by atoms with Crippen LogP contribution in [0, 0.1) is 10.1 Å². The number of nitro groups is 1. The molecule has 0 aliphatic rings. The Kier molecular flexibility index (Phi) is 5.21. The average molecular weight is 225 g/mol. The number of anilines is 1. The summed E-state index contributed by atoms with van der Waals surface area (Å²) in [5, 5.41) is 13.5. The molecular weight excluding hydrogens is 210 g/mol. The van der Waals surface area contributed by atoms with Crippen LogP contribution < -0.4 is 5.32 Å². The van der Waals surface area contributed by atoms with Gasteiger partial charge in [0.05, 0.1) is 5.69 Å². The van der Waals surface area contributed by atoms with E-state index in [2.05, 4.69) is 10.3 Å². The van der Waals surface area contributed by atoms with Crippen molar-refractivity contribution in [1.29, 1.82) is 0 Å². The Morgan fingerprint density at radius 2 is 2.31 bits per heavy atom. The Balaban J connectivity index is 2.29. The molecule has 1 rings (SSSR count). The van der Waals surface area contributed by atoms with E-state index in [1.807, 2.05) is 0 Å². The summed E-state index contributed by atoms with van der Waals surface area (Å²) in [5.74, 6) is -0.134. The second-order valence-corrected chi connectivity index (χ2v) is 3.29. The molecule has 16 heavy (non-hydrogen) atoms. The zero-order valence-electron chi connectivity index (χ0n) is 9.18. The lowest BCUT2D eigenvalue weighted by Crippen LogP contribution is -2.03. The van der Waals surface area contributed by atoms with Crippen LogP contribution >= 0.6 is 0 Å². The number of methoxy groups -OCH3 is 1. The van der Waals surface area contributed by atoms with Gasteiger partial charge in [-0.3, -0.25) is 0 Å². The fourth-order valence-corrected chi connectivity index (χ4v) is 1.20. The molecule has 1 N–H and O–H groups in total. The molecule has 6 nitrogen and oxygen atoms in total. The number of nitrogens with one attached hydrogen (secondary N) is 1. The van der Waals surface area contributed by atoms with Crippen LogP contribution in [0.5, 0.6) is 0 Å². The fourth-order valence-electron chi connectivity index (χ4n) is 1.20. The number of nitrogens with zero attached hydrogens (tertiary/aromatic N) is 2. The van der Waals surface area contributed by atoms with Crippen LogP contribution in [0.15, 0.2) is 18.3 Å². The van der Waals surface area contributed by atoms with Gasteiger partial charge < -0.3 is 20.2 Å². The molecule has 1 aromatic heterocycles. The third-order valence-corrected chi connectivity index (χ3v) is 2.04. The third kappa shape index (κ3) is 4.22. The first-order valence-corrected chi connectivity index (χ1v) is 5.07. The summed E-state index contributed by atoms with van der Waals surface area (Å²) >= 11 is 0. The van der Waals surface area contributed by atoms with Crippen LogP contribution in [0.1, 0.15) is 12.8 Å². The summed E-state index contributed by atoms with van der Waals surface area (Å²) in [4.78, 5) is 13.5. The van der Waals surface area contributed by atoms with Crippen molar-refractivity contribution in [2.24, 2.45) is 0 Å². The van der Waals surface area contributed by atoms with Gasteiger partial charge in [-0.05, 0) is 28.8 Å². The minimum atomic E-state index is -0.512. The average Bonchev–Trinajstić information content (AvgIpc) is 2.29. The van der Waals surface area contributed by atoms with Crippen LogP contribution in [0.3, 0.4) is 0 Å². The molecule has 0 bridgehead atoms. The molecule has 0 radical (unpaired) electrons. The maximum Gasteiger partial charge on any atom is 0.363 e. The molecule has 88 valence electrons. The fraction of sp³-hybridized carbons (Fsp3) is 0.500. The molecule has 0 unspecified atom stereocenters. The van der Waals surface area contributed by atoms with E-state index in [9.17, 15) is 10.1 Å². The summed E-state index contributed by atoms with van der Waals surface area (Å²) in [6, 6.07) is 3.04. The normalized spacial score (nSPS) is 10.1. The predicted molar refractivity (Wildman–Crippen MR) is 60.5 cm³/mol. The number of pyridine rings is 1. The van der Waals surface area contributed by atoms with Crippen LogP contribution in [0.25, 0.3) is 0 Å². The maximum atomic E-state index is 10.4. The lowest BCUT2D eigenvalue weighted by atomic mass is 10.3. The summed E-state index contributed by atoms with van der Waals surface area (Å²) in [7, 11) is 1.67. The van der Waals surface area contributed by atoms with Crippen molar-refractivity contribution < 1.29 is 9.66 Å². The SMILES string of the molecule is COCCCCNc1ccc([N+](=O)[O-])nc1. The molecule has 0 atom stereocenters. The van der Waals surface area contributed by atoms with Gasteiger partial charge in [-0.2, -0.15) is 0 Å². The Labute approximate surface area is 93.8 Å². The smallest absolute Gasteiger partial charge is 0.363 e. The monoisotopic (exact) mass is 225 g/mol. The molecule has 0 aliphatic heterocycles. The van der Waals surface area contributed by atoms with Crippen LogP contribution in [0.4, 0.5) is 11.5 Å². The van der Waals surface area contributed by atoms with Gasteiger partial charge in [-0.25, -0.2) is 0 Å². The zero-order valence-corrected chi connectivity index (χ0v) is 9.18. The summed E-state index contributed by atoms with van der Waals surface area (Å²) in [6.07, 6.45) is 3.45. The largest absolute Gasteiger partial charge is 0.385 e. The van der Waals surface area contributed by atoms with Gasteiger partial charge in [0.25, 0.3) is 0 Å². The first kappa shape index (κ1) is 12.4. The van der Waals surface area contributed by atoms with Crippen molar-refractivity contribution in [2.45, 2.75) is 12.8 Å². The molecule has 0 spiro atoms. The van der Waals surface area contributed by atoms with E-state index in [1.54, 1.807) is 13.2 Å². The zero-order chi connectivity index (χ0) is 11.8. The van der Waals surface area contributed by atoms with E-state index in [0.717, 1.165) is 31.7 Å². The highest BCUT2D eigenvalue weighted by molar-refractivity contribution is 5.43. The molecule has 1 aromatic rings. The highest BCUT2D eigenvalue weighted by Gasteiger charge is 2.05. The van der Waals surface area contributed by atoms with Crippen LogP contribution in [0.2, 0.25) is 0 Å². The molecular formula is C10H15N3O3. The molecule has 0 saturated heterocycles. The van der Waals surface area contributed by atoms with E-state index < -0.39 is 4.92 Å². The number of ether oxygens (including phenoxy) is 1. The summed E-state index contributed by atoms with van der Waals surface area (Å²) in [5.41, 5.74) is 0.794. The number of hydrogen-bond donors (Lipinski definition) is 1. The van der Waals surface area contributed by atoms with Gasteiger partial charge in [0.15, 0.2) is 6.20 Å². The molecule has 0 saturated carbocycles. The Morgan fingerprint density at radius 3 is 2.88 bits per heavy atom. The summed E-state index contributed by atoms with van der Waals surface area (Å²) < 4.78 is 4.92. The number of hydrogen-bond acceptors (Lipinski definition) is 5. The van der Waals surface area contributed by atoms with Gasteiger partial charge in [0.1, 0.15) is 0 Å². The lowest BCUT2D eigenvalue weighted by Gasteiger charge is -2.03. The summed E-state index contributed by atoms with van der Waals surface area (Å²) in [6.45, 7) is 1.56. The van der Waals surface area contributed by atoms with Gasteiger partial charge in [0, 0.05) is 26.3 Å².